The highest BCUT2D eigenvalue weighted by molar-refractivity contribution is 6.03. The molecule has 0 unspecified atom stereocenters. The number of para-hydroxylation sites is 2. The van der Waals surface area contributed by atoms with Gasteiger partial charge < -0.3 is 13.4 Å². The Labute approximate surface area is 155 Å². The molecule has 0 amide bonds. The predicted molar refractivity (Wildman–Crippen MR) is 98.4 cm³/mol. The van der Waals surface area contributed by atoms with Crippen LogP contribution in [-0.4, -0.2) is 15.3 Å². The van der Waals surface area contributed by atoms with E-state index in [2.05, 4.69) is 4.98 Å². The Hall–Kier alpha value is -3.59. The molecule has 0 saturated heterocycles. The Kier molecular flexibility index (Phi) is 4.13. The summed E-state index contributed by atoms with van der Waals surface area (Å²) in [6, 6.07) is 14.8. The summed E-state index contributed by atoms with van der Waals surface area (Å²) in [4.78, 5) is 17.4. The summed E-state index contributed by atoms with van der Waals surface area (Å²) in [5.74, 6) is -0.482. The second-order valence-electron chi connectivity index (χ2n) is 6.40. The number of furan rings is 1. The van der Waals surface area contributed by atoms with E-state index < -0.39 is 5.92 Å². The van der Waals surface area contributed by atoms with E-state index >= 15 is 0 Å². The van der Waals surface area contributed by atoms with Crippen molar-refractivity contribution >= 4 is 16.9 Å². The van der Waals surface area contributed by atoms with Crippen molar-refractivity contribution < 1.29 is 13.6 Å². The number of Topliss-reactive ketones (excluding diaryl/α,β-unsaturated/α-hetero) is 1. The molecule has 1 aromatic carbocycles. The van der Waals surface area contributed by atoms with Gasteiger partial charge in [-0.05, 0) is 44.2 Å². The van der Waals surface area contributed by atoms with Gasteiger partial charge in [-0.3, -0.25) is 4.79 Å². The minimum absolute atomic E-state index is 0.125. The molecule has 0 spiro atoms. The maximum absolute atomic E-state index is 13.1. The van der Waals surface area contributed by atoms with Gasteiger partial charge in [0.2, 0.25) is 5.89 Å². The molecular weight excluding hydrogens is 342 g/mol. The maximum Gasteiger partial charge on any atom is 0.220 e. The van der Waals surface area contributed by atoms with E-state index in [1.165, 1.54) is 0 Å². The van der Waals surface area contributed by atoms with Crippen LogP contribution >= 0.6 is 0 Å². The molecule has 0 bridgehead atoms. The van der Waals surface area contributed by atoms with Gasteiger partial charge in [0.15, 0.2) is 17.3 Å². The van der Waals surface area contributed by atoms with Crippen LogP contribution in [0, 0.1) is 25.2 Å². The molecule has 4 aromatic rings. The van der Waals surface area contributed by atoms with Crippen molar-refractivity contribution in [2.75, 3.05) is 0 Å². The average molecular weight is 359 g/mol. The van der Waals surface area contributed by atoms with Crippen LogP contribution in [0.2, 0.25) is 0 Å². The molecule has 27 heavy (non-hydrogen) atoms. The Morgan fingerprint density at radius 3 is 2.78 bits per heavy atom. The zero-order valence-corrected chi connectivity index (χ0v) is 15.0. The molecule has 6 nitrogen and oxygen atoms in total. The van der Waals surface area contributed by atoms with E-state index in [1.54, 1.807) is 24.5 Å². The molecule has 0 aliphatic heterocycles. The van der Waals surface area contributed by atoms with E-state index in [1.807, 2.05) is 48.7 Å². The van der Waals surface area contributed by atoms with Crippen molar-refractivity contribution in [1.29, 1.82) is 5.26 Å². The minimum Gasteiger partial charge on any atom is -0.467 e. The van der Waals surface area contributed by atoms with Gasteiger partial charge in [-0.25, -0.2) is 4.98 Å². The summed E-state index contributed by atoms with van der Waals surface area (Å²) < 4.78 is 13.0. The number of oxazole rings is 1. The number of nitriles is 1. The van der Waals surface area contributed by atoms with Crippen molar-refractivity contribution in [2.24, 2.45) is 0 Å². The van der Waals surface area contributed by atoms with Crippen molar-refractivity contribution in [3.05, 3.63) is 77.3 Å². The van der Waals surface area contributed by atoms with Crippen molar-refractivity contribution in [1.82, 2.24) is 9.55 Å². The normalized spacial score (nSPS) is 12.2. The van der Waals surface area contributed by atoms with E-state index in [4.69, 9.17) is 8.83 Å². The molecule has 4 rings (SSSR count). The highest BCUT2D eigenvalue weighted by Gasteiger charge is 2.29. The van der Waals surface area contributed by atoms with Crippen molar-refractivity contribution in [3.8, 4) is 6.07 Å². The zero-order chi connectivity index (χ0) is 19.0. The Morgan fingerprint density at radius 2 is 2.07 bits per heavy atom. The van der Waals surface area contributed by atoms with Crippen LogP contribution in [0.5, 0.6) is 0 Å². The maximum atomic E-state index is 13.1. The monoisotopic (exact) mass is 359 g/mol. The van der Waals surface area contributed by atoms with Gasteiger partial charge in [0.25, 0.3) is 0 Å². The van der Waals surface area contributed by atoms with Gasteiger partial charge >= 0.3 is 0 Å². The number of rotatable bonds is 5. The number of benzene rings is 1. The Bertz CT molecular complexity index is 1130. The molecule has 6 heteroatoms. The summed E-state index contributed by atoms with van der Waals surface area (Å²) in [6.07, 6.45) is 1.62. The van der Waals surface area contributed by atoms with Crippen LogP contribution in [0.25, 0.3) is 11.1 Å². The first kappa shape index (κ1) is 16.9. The predicted octanol–water partition coefficient (Wildman–Crippen LogP) is 4.38. The summed E-state index contributed by atoms with van der Waals surface area (Å²) in [6.45, 7) is 4.31. The molecular formula is C21H17N3O3. The number of carbonyl (C=O) groups excluding carboxylic acids is 1. The molecule has 0 aliphatic rings. The van der Waals surface area contributed by atoms with E-state index in [0.29, 0.717) is 23.2 Å². The number of nitrogens with zero attached hydrogens (tertiary/aromatic N) is 3. The number of carbonyl (C=O) groups is 1. The number of aryl methyl sites for hydroxylation is 1. The number of ketones is 1. The molecule has 0 radical (unpaired) electrons. The third kappa shape index (κ3) is 2.93. The lowest BCUT2D eigenvalue weighted by Crippen LogP contribution is -2.13. The van der Waals surface area contributed by atoms with Gasteiger partial charge in [-0.1, -0.05) is 12.1 Å². The van der Waals surface area contributed by atoms with Crippen molar-refractivity contribution in [2.45, 2.75) is 26.3 Å². The first-order chi connectivity index (χ1) is 13.1. The fourth-order valence-corrected chi connectivity index (χ4v) is 3.25. The smallest absolute Gasteiger partial charge is 0.220 e. The Balaban J connectivity index is 1.69. The van der Waals surface area contributed by atoms with Gasteiger partial charge in [0.1, 0.15) is 11.3 Å². The third-order valence-electron chi connectivity index (χ3n) is 4.68. The number of hydrogen-bond acceptors (Lipinski definition) is 5. The second kappa shape index (κ2) is 6.61. The van der Waals surface area contributed by atoms with Crippen LogP contribution in [0.3, 0.4) is 0 Å². The van der Waals surface area contributed by atoms with Crippen molar-refractivity contribution in [3.63, 3.8) is 0 Å². The van der Waals surface area contributed by atoms with Crippen LogP contribution in [0.15, 0.2) is 57.6 Å². The lowest BCUT2D eigenvalue weighted by Gasteiger charge is -2.08. The first-order valence-corrected chi connectivity index (χ1v) is 8.57. The number of aromatic nitrogens is 2. The topological polar surface area (TPSA) is 85.0 Å². The van der Waals surface area contributed by atoms with Crippen LogP contribution in [-0.2, 0) is 6.54 Å². The van der Waals surface area contributed by atoms with E-state index in [0.717, 1.165) is 17.1 Å². The summed E-state index contributed by atoms with van der Waals surface area (Å²) in [7, 11) is 0. The lowest BCUT2D eigenvalue weighted by atomic mass is 9.99. The highest BCUT2D eigenvalue weighted by atomic mass is 16.3. The molecule has 0 saturated carbocycles. The average Bonchev–Trinajstić information content (AvgIpc) is 3.38. The van der Waals surface area contributed by atoms with Gasteiger partial charge in [0, 0.05) is 17.0 Å². The standard InChI is InChI=1S/C21H17N3O3/c1-13-10-16(14(2)24(13)12-15-6-5-9-26-15)20(25)17(11-22)21-23-18-7-3-4-8-19(18)27-21/h3-10,17H,12H2,1-2H3/t17-/m1/s1. The van der Waals surface area contributed by atoms with Crippen LogP contribution < -0.4 is 0 Å². The molecule has 1 atom stereocenters. The van der Waals surface area contributed by atoms with E-state index in [-0.39, 0.29) is 11.7 Å². The number of hydrogen-bond donors (Lipinski definition) is 0. The quantitative estimate of drug-likeness (QED) is 0.494. The molecule has 3 aromatic heterocycles. The third-order valence-corrected chi connectivity index (χ3v) is 4.68. The molecule has 3 heterocycles. The minimum atomic E-state index is -1.09. The fourth-order valence-electron chi connectivity index (χ4n) is 3.25. The Morgan fingerprint density at radius 1 is 1.26 bits per heavy atom. The van der Waals surface area contributed by atoms with Gasteiger partial charge in [0.05, 0.1) is 18.9 Å². The largest absolute Gasteiger partial charge is 0.467 e. The second-order valence-corrected chi connectivity index (χ2v) is 6.40. The van der Waals surface area contributed by atoms with Gasteiger partial charge in [-0.15, -0.1) is 0 Å². The highest BCUT2D eigenvalue weighted by Crippen LogP contribution is 2.27. The lowest BCUT2D eigenvalue weighted by molar-refractivity contribution is 0.0969. The molecule has 0 N–H and O–H groups in total. The van der Waals surface area contributed by atoms with Gasteiger partial charge in [-0.2, -0.15) is 5.26 Å². The van der Waals surface area contributed by atoms with Crippen LogP contribution in [0.1, 0.15) is 39.3 Å². The summed E-state index contributed by atoms with van der Waals surface area (Å²) in [5.41, 5.74) is 3.38. The first-order valence-electron chi connectivity index (χ1n) is 8.57. The summed E-state index contributed by atoms with van der Waals surface area (Å²) in [5, 5.41) is 9.62. The molecule has 134 valence electrons. The molecule has 0 fully saturated rings. The SMILES string of the molecule is Cc1cc(C(=O)[C@@H](C#N)c2nc3ccccc3o2)c(C)n1Cc1ccco1. The summed E-state index contributed by atoms with van der Waals surface area (Å²) >= 11 is 0. The van der Waals surface area contributed by atoms with Crippen LogP contribution in [0.4, 0.5) is 0 Å². The molecule has 0 aliphatic carbocycles. The zero-order valence-electron chi connectivity index (χ0n) is 15.0. The van der Waals surface area contributed by atoms with E-state index in [9.17, 15) is 10.1 Å². The fraction of sp³-hybridized carbons (Fsp3) is 0.190. The number of fused-ring (bicyclic) bond motifs is 1.